The number of hydrogen-bond acceptors (Lipinski definition) is 20. The predicted molar refractivity (Wildman–Crippen MR) is 367 cm³/mol. The molecule has 0 saturated heterocycles. The lowest BCUT2D eigenvalue weighted by Gasteiger charge is -2.13. The maximum Gasteiger partial charge on any atom is 0.316 e. The number of aryl methyl sites for hydroxylation is 3. The zero-order valence-electron chi connectivity index (χ0n) is 55.3. The van der Waals surface area contributed by atoms with E-state index in [0.717, 1.165) is 120 Å². The van der Waals surface area contributed by atoms with Crippen LogP contribution in [-0.2, 0) is 38.9 Å². The van der Waals surface area contributed by atoms with Crippen molar-refractivity contribution < 1.29 is 36.9 Å². The van der Waals surface area contributed by atoms with Gasteiger partial charge in [0.15, 0.2) is 0 Å². The Hall–Kier alpha value is -11.7. The first kappa shape index (κ1) is 64.6. The molecule has 0 fully saturated rings. The molecule has 8 aromatic heterocycles. The second-order valence-electron chi connectivity index (χ2n) is 24.2. The van der Waals surface area contributed by atoms with Gasteiger partial charge in [0.05, 0.1) is 43.5 Å². The maximum absolute atomic E-state index is 14.6. The highest BCUT2D eigenvalue weighted by molar-refractivity contribution is 5.81. The van der Waals surface area contributed by atoms with E-state index in [0.29, 0.717) is 124 Å². The SMILES string of the molecule is CCCOc1ncc(-c2cnc(NCc3c(F)ccc4c3CCO4)n3cc(C)nc23)cn1.Cc1cn2c(NCc3c(F)ccc4c3CCO4)ncc(-c3ccc(-c4nn[nH]n4)cc3)c2n1.Cc1cn2c(NCc3c(F)ccc4c3CCO4)ncc(-c3ccc(OCCN(C)C)cc3)c2n1. The van der Waals surface area contributed by atoms with Crippen molar-refractivity contribution in [3.63, 3.8) is 0 Å². The van der Waals surface area contributed by atoms with Crippen molar-refractivity contribution in [1.29, 1.82) is 0 Å². The standard InChI is InChI=1S/C26H28FN5O2.C23H19FN8O.C23H23FN6O2/c1-17-16-32-25(30-17)21(18-4-6-19(7-5-18)33-13-11-31(2)3)14-28-26(32)29-15-22-20-10-12-34-24(20)9-8-23(22)27;1-13-12-32-22(27-13)17(14-2-4-15(5-3-14)21-28-30-31-29-21)10-25-23(32)26-11-18-16-8-9-33-20(16)7-6-19(18)24;1-3-7-32-23-27-9-15(10-28-23)17-11-25-22(30-13-14(2)29-21(17)30)26-12-18-16-6-8-31-20(16)5-4-19(18)24/h4-9,14,16H,10-13,15H2,1-3H3,(H,28,29);2-7,10,12H,8-9,11H2,1H3,(H,25,26)(H,28,29,30,31);4-5,9-11,13H,3,6-8,12H2,1-2H3,(H,25,26). The van der Waals surface area contributed by atoms with E-state index >= 15 is 0 Å². The number of H-pyrrole nitrogens is 1. The third kappa shape index (κ3) is 13.9. The van der Waals surface area contributed by atoms with Gasteiger partial charge in [-0.05, 0) is 106 Å². The summed E-state index contributed by atoms with van der Waals surface area (Å²) >= 11 is 0. The smallest absolute Gasteiger partial charge is 0.316 e. The molecular formula is C72H70F3N19O5. The summed E-state index contributed by atoms with van der Waals surface area (Å²) in [5.74, 6) is 4.67. The largest absolute Gasteiger partial charge is 0.493 e. The number of likely N-dealkylation sites (N-methyl/N-ethyl adjacent to an activating group) is 1. The van der Waals surface area contributed by atoms with E-state index in [1.807, 2.05) is 122 Å². The van der Waals surface area contributed by atoms with Crippen molar-refractivity contribution in [1.82, 2.24) is 78.6 Å². The predicted octanol–water partition coefficient (Wildman–Crippen LogP) is 11.9. The molecule has 0 spiro atoms. The van der Waals surface area contributed by atoms with Crippen LogP contribution in [0.1, 0.15) is 63.8 Å². The van der Waals surface area contributed by atoms with Crippen LogP contribution in [0.4, 0.5) is 31.0 Å². The zero-order chi connectivity index (χ0) is 68.1. The summed E-state index contributed by atoms with van der Waals surface area (Å²) in [6.45, 7) is 12.5. The average molecular weight is 1340 g/mol. The lowest BCUT2D eigenvalue weighted by molar-refractivity contribution is 0.261. The summed E-state index contributed by atoms with van der Waals surface area (Å²) in [5, 5.41) is 23.9. The van der Waals surface area contributed by atoms with Crippen LogP contribution in [0.25, 0.3) is 61.7 Å². The normalized spacial score (nSPS) is 12.7. The minimum Gasteiger partial charge on any atom is -0.493 e. The number of nitrogens with zero attached hydrogens (tertiary/aromatic N) is 15. The van der Waals surface area contributed by atoms with Crippen LogP contribution < -0.4 is 39.6 Å². The van der Waals surface area contributed by atoms with E-state index < -0.39 is 0 Å². The van der Waals surface area contributed by atoms with Gasteiger partial charge in [0.2, 0.25) is 23.7 Å². The molecule has 0 radical (unpaired) electrons. The highest BCUT2D eigenvalue weighted by Crippen LogP contribution is 2.36. The van der Waals surface area contributed by atoms with Crippen molar-refractivity contribution in [2.45, 2.75) is 73.0 Å². The number of fused-ring (bicyclic) bond motifs is 6. The van der Waals surface area contributed by atoms with Gasteiger partial charge in [0, 0.05) is 156 Å². The topological polar surface area (TPSA) is 256 Å². The molecule has 3 aliphatic heterocycles. The van der Waals surface area contributed by atoms with Crippen molar-refractivity contribution in [3.05, 3.63) is 202 Å². The number of halogens is 3. The molecule has 3 aliphatic rings. The Morgan fingerprint density at radius 3 is 1.31 bits per heavy atom. The highest BCUT2D eigenvalue weighted by atomic mass is 19.1. The number of rotatable bonds is 20. The Labute approximate surface area is 566 Å². The van der Waals surface area contributed by atoms with Crippen molar-refractivity contribution in [2.75, 3.05) is 69.6 Å². The Morgan fingerprint density at radius 2 is 0.909 bits per heavy atom. The molecule has 24 nitrogen and oxygen atoms in total. The summed E-state index contributed by atoms with van der Waals surface area (Å²) in [6, 6.07) is 25.5. The number of nitrogens with one attached hydrogen (secondary N) is 4. The molecule has 16 rings (SSSR count). The highest BCUT2D eigenvalue weighted by Gasteiger charge is 2.25. The number of imidazole rings is 3. The number of hydrogen-bond donors (Lipinski definition) is 4. The van der Waals surface area contributed by atoms with Gasteiger partial charge in [0.25, 0.3) is 0 Å². The molecule has 0 bridgehead atoms. The first-order valence-electron chi connectivity index (χ1n) is 32.5. The van der Waals surface area contributed by atoms with Crippen LogP contribution >= 0.6 is 0 Å². The molecule has 0 saturated carbocycles. The van der Waals surface area contributed by atoms with Crippen LogP contribution in [0.3, 0.4) is 0 Å². The second kappa shape index (κ2) is 28.5. The average Bonchev–Trinajstić information content (AvgIpc) is 1.72. The summed E-state index contributed by atoms with van der Waals surface area (Å²) in [7, 11) is 4.04. The van der Waals surface area contributed by atoms with Gasteiger partial charge in [-0.3, -0.25) is 13.2 Å². The van der Waals surface area contributed by atoms with E-state index in [-0.39, 0.29) is 17.5 Å². The van der Waals surface area contributed by atoms with Crippen molar-refractivity contribution in [3.8, 4) is 73.8 Å². The van der Waals surface area contributed by atoms with E-state index in [1.165, 1.54) is 18.2 Å². The van der Waals surface area contributed by atoms with Crippen LogP contribution in [0, 0.1) is 38.2 Å². The van der Waals surface area contributed by atoms with Crippen LogP contribution in [0.2, 0.25) is 0 Å². The molecule has 0 amide bonds. The number of ether oxygens (including phenoxy) is 5. The summed E-state index contributed by atoms with van der Waals surface area (Å²) in [4.78, 5) is 38.6. The van der Waals surface area contributed by atoms with E-state index in [4.69, 9.17) is 33.7 Å². The fraction of sp³-hybridized carbons (Fsp3) is 0.264. The Kier molecular flexibility index (Phi) is 18.6. The van der Waals surface area contributed by atoms with Gasteiger partial charge in [-0.2, -0.15) is 5.21 Å². The van der Waals surface area contributed by atoms with Crippen LogP contribution in [0.5, 0.6) is 29.0 Å². The monoisotopic (exact) mass is 1340 g/mol. The zero-order valence-corrected chi connectivity index (χ0v) is 55.3. The van der Waals surface area contributed by atoms with E-state index in [9.17, 15) is 13.2 Å². The second-order valence-corrected chi connectivity index (χ2v) is 24.2. The third-order valence-electron chi connectivity index (χ3n) is 17.1. The quantitative estimate of drug-likeness (QED) is 0.0553. The van der Waals surface area contributed by atoms with Gasteiger partial charge in [-0.15, -0.1) is 10.2 Å². The summed E-state index contributed by atoms with van der Waals surface area (Å²) < 4.78 is 77.3. The Balaban J connectivity index is 0.000000127. The minimum absolute atomic E-state index is 0.237. The van der Waals surface area contributed by atoms with Gasteiger partial charge in [0.1, 0.15) is 64.0 Å². The van der Waals surface area contributed by atoms with Gasteiger partial charge < -0.3 is 44.5 Å². The number of anilines is 3. The van der Waals surface area contributed by atoms with Crippen molar-refractivity contribution in [2.24, 2.45) is 0 Å². The number of tetrazole rings is 1. The lowest BCUT2D eigenvalue weighted by Crippen LogP contribution is -2.19. The van der Waals surface area contributed by atoms with Crippen molar-refractivity contribution >= 4 is 34.8 Å². The third-order valence-corrected chi connectivity index (χ3v) is 17.1. The Morgan fingerprint density at radius 1 is 0.495 bits per heavy atom. The molecule has 99 heavy (non-hydrogen) atoms. The van der Waals surface area contributed by atoms with Crippen LogP contribution in [0.15, 0.2) is 135 Å². The molecule has 5 aromatic carbocycles. The van der Waals surface area contributed by atoms with E-state index in [2.05, 4.69) is 71.4 Å². The Bertz CT molecular complexity index is 5050. The number of aromatic nitrogens is 15. The molecule has 4 N–H and O–H groups in total. The summed E-state index contributed by atoms with van der Waals surface area (Å²) in [5.41, 5.74) is 15.6. The van der Waals surface area contributed by atoms with Crippen LogP contribution in [-0.4, -0.2) is 132 Å². The first-order valence-corrected chi connectivity index (χ1v) is 32.5. The fourth-order valence-corrected chi connectivity index (χ4v) is 12.2. The molecule has 0 unspecified atom stereocenters. The first-order chi connectivity index (χ1) is 48.3. The number of benzene rings is 5. The molecule has 0 atom stereocenters. The fourth-order valence-electron chi connectivity index (χ4n) is 12.2. The lowest BCUT2D eigenvalue weighted by atomic mass is 10.0. The maximum atomic E-state index is 14.6. The minimum atomic E-state index is -0.251. The molecule has 11 heterocycles. The molecule has 504 valence electrons. The van der Waals surface area contributed by atoms with Gasteiger partial charge >= 0.3 is 6.01 Å². The molecular weight excluding hydrogens is 1270 g/mol. The molecule has 27 heteroatoms. The summed E-state index contributed by atoms with van der Waals surface area (Å²) in [6.07, 6.45) is 17.5. The van der Waals surface area contributed by atoms with Gasteiger partial charge in [-0.25, -0.2) is 53.0 Å². The molecule has 0 aliphatic carbocycles. The number of aromatic amines is 1. The van der Waals surface area contributed by atoms with Gasteiger partial charge in [-0.1, -0.05) is 43.3 Å². The van der Waals surface area contributed by atoms with E-state index in [1.54, 1.807) is 49.2 Å². The molecule has 13 aromatic rings.